The lowest BCUT2D eigenvalue weighted by molar-refractivity contribution is -0.188. The van der Waals surface area contributed by atoms with Gasteiger partial charge in [0.25, 0.3) is 0 Å². The van der Waals surface area contributed by atoms with Crippen LogP contribution >= 0.6 is 0 Å². The molecule has 5 heteroatoms. The monoisotopic (exact) mass is 376 g/mol. The number of Topliss-reactive ketones (excluding diaryl/α,β-unsaturated/α-hetero) is 1. The van der Waals surface area contributed by atoms with Gasteiger partial charge in [-0.2, -0.15) is 0 Å². The molecule has 3 N–H and O–H groups in total. The van der Waals surface area contributed by atoms with Crippen LogP contribution in [-0.4, -0.2) is 34.9 Å². The molecule has 4 rings (SSSR count). The maximum Gasteiger partial charge on any atom is 0.139 e. The summed E-state index contributed by atoms with van der Waals surface area (Å²) in [6, 6.07) is -0.0348. The van der Waals surface area contributed by atoms with Crippen LogP contribution in [0.3, 0.4) is 0 Å². The summed E-state index contributed by atoms with van der Waals surface area (Å²) in [5, 5.41) is 16.0. The van der Waals surface area contributed by atoms with Gasteiger partial charge in [-0.05, 0) is 69.6 Å². The summed E-state index contributed by atoms with van der Waals surface area (Å²) in [5.41, 5.74) is 5.84. The van der Waals surface area contributed by atoms with Gasteiger partial charge in [-0.1, -0.05) is 19.0 Å². The van der Waals surface area contributed by atoms with Crippen LogP contribution in [0.2, 0.25) is 0 Å². The number of carbonyl (C=O) groups is 1. The fourth-order valence-corrected chi connectivity index (χ4v) is 7.15. The highest BCUT2D eigenvalue weighted by atomic mass is 16.6. The Kier molecular flexibility index (Phi) is 4.70. The van der Waals surface area contributed by atoms with E-state index in [2.05, 4.69) is 19.0 Å². The second-order valence-electron chi connectivity index (χ2n) is 10.4. The number of hydrogen-bond acceptors (Lipinski definition) is 5. The van der Waals surface area contributed by atoms with Crippen molar-refractivity contribution in [3.8, 4) is 0 Å². The second kappa shape index (κ2) is 6.55. The molecular formula is C22H36N2O3. The Bertz CT molecular complexity index is 647. The number of aliphatic hydroxyl groups is 1. The van der Waals surface area contributed by atoms with Crippen molar-refractivity contribution in [2.24, 2.45) is 39.5 Å². The molecule has 7 atom stereocenters. The summed E-state index contributed by atoms with van der Waals surface area (Å²) < 4.78 is 0. The summed E-state index contributed by atoms with van der Waals surface area (Å²) in [6.45, 7) is 6.84. The molecular weight excluding hydrogens is 340 g/mol. The molecule has 27 heavy (non-hydrogen) atoms. The van der Waals surface area contributed by atoms with E-state index in [0.29, 0.717) is 36.6 Å². The molecule has 0 spiro atoms. The molecule has 0 bridgehead atoms. The Balaban J connectivity index is 1.54. The predicted molar refractivity (Wildman–Crippen MR) is 105 cm³/mol. The predicted octanol–water partition coefficient (Wildman–Crippen LogP) is 3.43. The van der Waals surface area contributed by atoms with E-state index < -0.39 is 5.60 Å². The van der Waals surface area contributed by atoms with E-state index in [1.165, 1.54) is 0 Å². The molecule has 0 heterocycles. The van der Waals surface area contributed by atoms with Gasteiger partial charge in [0.15, 0.2) is 0 Å². The van der Waals surface area contributed by atoms with E-state index in [1.54, 1.807) is 0 Å². The second-order valence-corrected chi connectivity index (χ2v) is 10.4. The Hall–Kier alpha value is -0.940. The van der Waals surface area contributed by atoms with Crippen LogP contribution in [0, 0.1) is 28.6 Å². The first-order chi connectivity index (χ1) is 12.7. The van der Waals surface area contributed by atoms with Gasteiger partial charge in [0.05, 0.1) is 11.3 Å². The van der Waals surface area contributed by atoms with Gasteiger partial charge >= 0.3 is 0 Å². The summed E-state index contributed by atoms with van der Waals surface area (Å²) in [5.74, 6) is 2.12. The first-order valence-electron chi connectivity index (χ1n) is 10.9. The third-order valence-electron chi connectivity index (χ3n) is 8.88. The zero-order valence-corrected chi connectivity index (χ0v) is 17.2. The van der Waals surface area contributed by atoms with Crippen molar-refractivity contribution >= 4 is 11.5 Å². The molecule has 0 aromatic heterocycles. The number of nitrogens with two attached hydrogens (primary N) is 1. The van der Waals surface area contributed by atoms with Gasteiger partial charge in [0.1, 0.15) is 12.4 Å². The first kappa shape index (κ1) is 19.4. The fourth-order valence-electron chi connectivity index (χ4n) is 7.15. The number of nitrogens with zero attached hydrogens (tertiary/aromatic N) is 1. The minimum Gasteiger partial charge on any atom is -0.394 e. The van der Waals surface area contributed by atoms with Crippen LogP contribution in [0.1, 0.15) is 78.6 Å². The minimum atomic E-state index is -0.695. The van der Waals surface area contributed by atoms with Gasteiger partial charge in [-0.15, -0.1) is 0 Å². The molecule has 152 valence electrons. The lowest BCUT2D eigenvalue weighted by Crippen LogP contribution is -2.62. The number of oxime groups is 1. The topological polar surface area (TPSA) is 84.9 Å². The van der Waals surface area contributed by atoms with Crippen molar-refractivity contribution in [3.05, 3.63) is 0 Å². The van der Waals surface area contributed by atoms with Crippen molar-refractivity contribution in [1.29, 1.82) is 0 Å². The smallest absolute Gasteiger partial charge is 0.139 e. The van der Waals surface area contributed by atoms with Crippen molar-refractivity contribution in [3.63, 3.8) is 0 Å². The SMILES string of the molecule is CC(N)CON=C1CC[C@]2(C)[C@@H]3CC[C@]4(C)C(=O)CC[C@H]4[C@@H]3CC[C@@]2(O)C1. The maximum atomic E-state index is 12.5. The normalized spacial score (nSPS) is 49.3. The Morgan fingerprint density at radius 2 is 1.96 bits per heavy atom. The average Bonchev–Trinajstić information content (AvgIpc) is 2.91. The number of hydrogen-bond donors (Lipinski definition) is 2. The van der Waals surface area contributed by atoms with Gasteiger partial charge in [-0.3, -0.25) is 4.79 Å². The standard InChI is InChI=1S/C22H36N2O3/c1-14(23)13-27-24-15-6-10-21(3)18-8-9-20(2)17(4-5-19(20)25)16(18)7-11-22(21,26)12-15/h14,16-18,26H,4-13,23H2,1-3H3/t14?,16-,17-,18+,20-,21+,22+/m0/s1. The van der Waals surface area contributed by atoms with Crippen LogP contribution in [0.4, 0.5) is 0 Å². The van der Waals surface area contributed by atoms with Crippen molar-refractivity contribution in [2.45, 2.75) is 90.2 Å². The lowest BCUT2D eigenvalue weighted by atomic mass is 9.43. The van der Waals surface area contributed by atoms with E-state index in [1.807, 2.05) is 6.92 Å². The summed E-state index contributed by atoms with van der Waals surface area (Å²) in [6.07, 6.45) is 8.23. The third kappa shape index (κ3) is 2.88. The zero-order valence-electron chi connectivity index (χ0n) is 17.2. The number of rotatable bonds is 3. The quantitative estimate of drug-likeness (QED) is 0.739. The highest BCUT2D eigenvalue weighted by molar-refractivity contribution is 5.87. The largest absolute Gasteiger partial charge is 0.394 e. The van der Waals surface area contributed by atoms with E-state index in [9.17, 15) is 9.90 Å². The molecule has 4 aliphatic rings. The Morgan fingerprint density at radius 1 is 1.19 bits per heavy atom. The molecule has 0 aromatic carbocycles. The average molecular weight is 377 g/mol. The first-order valence-corrected chi connectivity index (χ1v) is 10.9. The molecule has 0 radical (unpaired) electrons. The fraction of sp³-hybridized carbons (Fsp3) is 0.909. The summed E-state index contributed by atoms with van der Waals surface area (Å²) >= 11 is 0. The van der Waals surface area contributed by atoms with Crippen molar-refractivity contribution < 1.29 is 14.7 Å². The lowest BCUT2D eigenvalue weighted by Gasteiger charge is -2.62. The molecule has 4 aliphatic carbocycles. The van der Waals surface area contributed by atoms with E-state index in [4.69, 9.17) is 10.6 Å². The molecule has 4 saturated carbocycles. The van der Waals surface area contributed by atoms with Crippen LogP contribution in [-0.2, 0) is 9.63 Å². The van der Waals surface area contributed by atoms with E-state index >= 15 is 0 Å². The number of ketones is 1. The van der Waals surface area contributed by atoms with Crippen molar-refractivity contribution in [1.82, 2.24) is 0 Å². The molecule has 1 unspecified atom stereocenters. The van der Waals surface area contributed by atoms with Crippen LogP contribution in [0.25, 0.3) is 0 Å². The van der Waals surface area contributed by atoms with Gasteiger partial charge < -0.3 is 15.7 Å². The van der Waals surface area contributed by atoms with Crippen LogP contribution < -0.4 is 5.73 Å². The molecule has 5 nitrogen and oxygen atoms in total. The van der Waals surface area contributed by atoms with E-state index in [-0.39, 0.29) is 16.9 Å². The molecule has 0 aromatic rings. The van der Waals surface area contributed by atoms with Crippen LogP contribution in [0.15, 0.2) is 5.16 Å². The number of carbonyl (C=O) groups excluding carboxylic acids is 1. The molecule has 0 saturated heterocycles. The highest BCUT2D eigenvalue weighted by Gasteiger charge is 2.64. The van der Waals surface area contributed by atoms with Crippen LogP contribution in [0.5, 0.6) is 0 Å². The summed E-state index contributed by atoms with van der Waals surface area (Å²) in [4.78, 5) is 17.9. The Morgan fingerprint density at radius 3 is 2.70 bits per heavy atom. The molecule has 0 amide bonds. The summed E-state index contributed by atoms with van der Waals surface area (Å²) in [7, 11) is 0. The van der Waals surface area contributed by atoms with Gasteiger partial charge in [0, 0.05) is 29.7 Å². The zero-order chi connectivity index (χ0) is 19.4. The van der Waals surface area contributed by atoms with Crippen molar-refractivity contribution in [2.75, 3.05) is 6.61 Å². The highest BCUT2D eigenvalue weighted by Crippen LogP contribution is 2.66. The third-order valence-corrected chi connectivity index (χ3v) is 8.88. The van der Waals surface area contributed by atoms with E-state index in [0.717, 1.165) is 57.1 Å². The maximum absolute atomic E-state index is 12.5. The molecule has 4 fully saturated rings. The minimum absolute atomic E-state index is 0.0348. The van der Waals surface area contributed by atoms with Gasteiger partial charge in [0.2, 0.25) is 0 Å². The van der Waals surface area contributed by atoms with Gasteiger partial charge in [-0.25, -0.2) is 0 Å². The number of fused-ring (bicyclic) bond motifs is 5. The molecule has 0 aliphatic heterocycles. The Labute approximate surface area is 163 Å².